The summed E-state index contributed by atoms with van der Waals surface area (Å²) in [7, 11) is 0. The van der Waals surface area contributed by atoms with Crippen molar-refractivity contribution in [1.29, 1.82) is 0 Å². The summed E-state index contributed by atoms with van der Waals surface area (Å²) >= 11 is 0. The van der Waals surface area contributed by atoms with Crippen LogP contribution >= 0.6 is 0 Å². The van der Waals surface area contributed by atoms with Gasteiger partial charge < -0.3 is 18.3 Å². The van der Waals surface area contributed by atoms with Gasteiger partial charge in [-0.2, -0.15) is 0 Å². The SMILES string of the molecule is CCOC(=O)Nc1ccc2c(COC(=O)c3ccoc3)cc(=O)oc2c1. The molecule has 0 radical (unpaired) electrons. The van der Waals surface area contributed by atoms with Crippen LogP contribution in [-0.2, 0) is 16.1 Å². The highest BCUT2D eigenvalue weighted by Gasteiger charge is 2.12. The van der Waals surface area contributed by atoms with Gasteiger partial charge in [-0.1, -0.05) is 0 Å². The first kappa shape index (κ1) is 17.3. The average Bonchev–Trinajstić information content (AvgIpc) is 3.14. The number of amides is 1. The summed E-state index contributed by atoms with van der Waals surface area (Å²) in [6.45, 7) is 1.81. The molecule has 0 fully saturated rings. The van der Waals surface area contributed by atoms with E-state index in [1.807, 2.05) is 0 Å². The van der Waals surface area contributed by atoms with Gasteiger partial charge in [0.05, 0.1) is 18.4 Å². The maximum Gasteiger partial charge on any atom is 0.411 e. The van der Waals surface area contributed by atoms with E-state index >= 15 is 0 Å². The molecule has 1 N–H and O–H groups in total. The molecule has 8 heteroatoms. The molecule has 0 aliphatic carbocycles. The van der Waals surface area contributed by atoms with E-state index in [9.17, 15) is 14.4 Å². The quantitative estimate of drug-likeness (QED) is 0.551. The van der Waals surface area contributed by atoms with Crippen molar-refractivity contribution in [3.63, 3.8) is 0 Å². The monoisotopic (exact) mass is 357 g/mol. The van der Waals surface area contributed by atoms with Gasteiger partial charge in [0.25, 0.3) is 0 Å². The van der Waals surface area contributed by atoms with Gasteiger partial charge in [-0.05, 0) is 25.1 Å². The smallest absolute Gasteiger partial charge is 0.411 e. The Morgan fingerprint density at radius 1 is 1.15 bits per heavy atom. The number of carbonyl (C=O) groups excluding carboxylic acids is 2. The average molecular weight is 357 g/mol. The van der Waals surface area contributed by atoms with Crippen LogP contribution in [0.3, 0.4) is 0 Å². The fourth-order valence-corrected chi connectivity index (χ4v) is 2.32. The van der Waals surface area contributed by atoms with Crippen LogP contribution in [0.4, 0.5) is 10.5 Å². The van der Waals surface area contributed by atoms with Gasteiger partial charge in [0.1, 0.15) is 18.5 Å². The fourth-order valence-electron chi connectivity index (χ4n) is 2.32. The van der Waals surface area contributed by atoms with Gasteiger partial charge in [0.2, 0.25) is 0 Å². The molecule has 0 saturated heterocycles. The Labute approximate surface area is 147 Å². The Morgan fingerprint density at radius 3 is 2.73 bits per heavy atom. The largest absolute Gasteiger partial charge is 0.472 e. The molecule has 0 aliphatic heterocycles. The number of furan rings is 1. The van der Waals surface area contributed by atoms with Gasteiger partial charge in [0, 0.05) is 28.8 Å². The van der Waals surface area contributed by atoms with Gasteiger partial charge in [-0.25, -0.2) is 14.4 Å². The van der Waals surface area contributed by atoms with E-state index in [1.54, 1.807) is 19.1 Å². The number of rotatable bonds is 5. The molecular weight excluding hydrogens is 342 g/mol. The molecule has 1 aromatic carbocycles. The van der Waals surface area contributed by atoms with Crippen molar-refractivity contribution in [2.75, 3.05) is 11.9 Å². The highest BCUT2D eigenvalue weighted by Crippen LogP contribution is 2.22. The lowest BCUT2D eigenvalue weighted by atomic mass is 10.1. The predicted octanol–water partition coefficient (Wildman–Crippen LogP) is 3.31. The number of ether oxygens (including phenoxy) is 2. The molecule has 0 spiro atoms. The van der Waals surface area contributed by atoms with Gasteiger partial charge in [-0.3, -0.25) is 5.32 Å². The third-order valence-electron chi connectivity index (χ3n) is 3.47. The minimum atomic E-state index is -0.612. The van der Waals surface area contributed by atoms with Crippen molar-refractivity contribution in [2.24, 2.45) is 0 Å². The number of fused-ring (bicyclic) bond motifs is 1. The summed E-state index contributed by atoms with van der Waals surface area (Å²) in [4.78, 5) is 35.2. The first-order valence-electron chi connectivity index (χ1n) is 7.76. The maximum atomic E-state index is 11.9. The molecule has 0 saturated carbocycles. The van der Waals surface area contributed by atoms with Crippen LogP contribution < -0.4 is 10.9 Å². The van der Waals surface area contributed by atoms with Crippen molar-refractivity contribution in [3.05, 3.63) is 64.4 Å². The molecule has 3 aromatic rings. The number of hydrogen-bond acceptors (Lipinski definition) is 7. The Hall–Kier alpha value is -3.55. The first-order chi connectivity index (χ1) is 12.6. The minimum absolute atomic E-state index is 0.114. The lowest BCUT2D eigenvalue weighted by Gasteiger charge is -2.09. The Balaban J connectivity index is 1.83. The van der Waals surface area contributed by atoms with E-state index in [-0.39, 0.29) is 24.4 Å². The second-order valence-corrected chi connectivity index (χ2v) is 5.24. The van der Waals surface area contributed by atoms with E-state index in [0.29, 0.717) is 16.6 Å². The van der Waals surface area contributed by atoms with Gasteiger partial charge in [-0.15, -0.1) is 0 Å². The van der Waals surface area contributed by atoms with E-state index in [4.69, 9.17) is 18.3 Å². The van der Waals surface area contributed by atoms with Crippen LogP contribution in [0.5, 0.6) is 0 Å². The normalized spacial score (nSPS) is 10.5. The summed E-state index contributed by atoms with van der Waals surface area (Å²) in [6, 6.07) is 7.51. The van der Waals surface area contributed by atoms with Crippen molar-refractivity contribution in [1.82, 2.24) is 0 Å². The lowest BCUT2D eigenvalue weighted by Crippen LogP contribution is -2.13. The van der Waals surface area contributed by atoms with Gasteiger partial charge in [0.15, 0.2) is 0 Å². The number of benzene rings is 1. The first-order valence-corrected chi connectivity index (χ1v) is 7.76. The van der Waals surface area contributed by atoms with Crippen molar-refractivity contribution in [3.8, 4) is 0 Å². The van der Waals surface area contributed by atoms with Crippen LogP contribution in [0.25, 0.3) is 11.0 Å². The highest BCUT2D eigenvalue weighted by molar-refractivity contribution is 5.91. The minimum Gasteiger partial charge on any atom is -0.472 e. The fraction of sp³-hybridized carbons (Fsp3) is 0.167. The summed E-state index contributed by atoms with van der Waals surface area (Å²) in [5.74, 6) is -0.569. The van der Waals surface area contributed by atoms with Crippen molar-refractivity contribution in [2.45, 2.75) is 13.5 Å². The predicted molar refractivity (Wildman–Crippen MR) is 91.0 cm³/mol. The Kier molecular flexibility index (Phi) is 5.02. The molecule has 3 rings (SSSR count). The van der Waals surface area contributed by atoms with Crippen molar-refractivity contribution >= 4 is 28.7 Å². The molecule has 0 aliphatic rings. The molecule has 0 atom stereocenters. The number of esters is 1. The van der Waals surface area contributed by atoms with E-state index in [0.717, 1.165) is 0 Å². The van der Waals surface area contributed by atoms with E-state index in [1.165, 1.54) is 30.7 Å². The summed E-state index contributed by atoms with van der Waals surface area (Å²) < 4.78 is 20.0. The molecule has 8 nitrogen and oxygen atoms in total. The zero-order valence-electron chi connectivity index (χ0n) is 13.8. The molecule has 0 unspecified atom stereocenters. The number of hydrogen-bond donors (Lipinski definition) is 1. The highest BCUT2D eigenvalue weighted by atomic mass is 16.5. The molecule has 1 amide bonds. The Morgan fingerprint density at radius 2 is 2.00 bits per heavy atom. The van der Waals surface area contributed by atoms with E-state index < -0.39 is 17.7 Å². The molecule has 2 heterocycles. The third-order valence-corrected chi connectivity index (χ3v) is 3.47. The summed E-state index contributed by atoms with van der Waals surface area (Å²) in [6.07, 6.45) is 2.02. The second kappa shape index (κ2) is 7.56. The molecular formula is C18H15NO7. The second-order valence-electron chi connectivity index (χ2n) is 5.24. The maximum absolute atomic E-state index is 11.9. The van der Waals surface area contributed by atoms with Crippen LogP contribution in [0.15, 0.2) is 56.5 Å². The van der Waals surface area contributed by atoms with Crippen LogP contribution in [-0.4, -0.2) is 18.7 Å². The van der Waals surface area contributed by atoms with Crippen LogP contribution in [0.1, 0.15) is 22.8 Å². The molecule has 134 valence electrons. The molecule has 0 bridgehead atoms. The standard InChI is InChI=1S/C18H15NO7/c1-2-24-18(22)19-13-3-4-14-12(7-16(20)26-15(14)8-13)10-25-17(21)11-5-6-23-9-11/h3-9H,2,10H2,1H3,(H,19,22). The lowest BCUT2D eigenvalue weighted by molar-refractivity contribution is 0.0473. The number of carbonyl (C=O) groups is 2. The van der Waals surface area contributed by atoms with Crippen molar-refractivity contribution < 1.29 is 27.9 Å². The zero-order chi connectivity index (χ0) is 18.5. The molecule has 26 heavy (non-hydrogen) atoms. The van der Waals surface area contributed by atoms with E-state index in [2.05, 4.69) is 5.32 Å². The Bertz CT molecular complexity index is 988. The number of anilines is 1. The number of nitrogens with one attached hydrogen (secondary N) is 1. The van der Waals surface area contributed by atoms with Crippen LogP contribution in [0.2, 0.25) is 0 Å². The zero-order valence-corrected chi connectivity index (χ0v) is 13.8. The molecule has 2 aromatic heterocycles. The summed E-state index contributed by atoms with van der Waals surface area (Å²) in [5, 5.41) is 3.11. The third kappa shape index (κ3) is 3.92. The topological polar surface area (TPSA) is 108 Å². The van der Waals surface area contributed by atoms with Gasteiger partial charge >= 0.3 is 17.7 Å². The van der Waals surface area contributed by atoms with Crippen LogP contribution in [0, 0.1) is 0 Å². The summed E-state index contributed by atoms with van der Waals surface area (Å²) in [5.41, 5.74) is 0.821.